The maximum absolute atomic E-state index is 12.1. The lowest BCUT2D eigenvalue weighted by molar-refractivity contribution is 0.361. The molecular formula is C10H16ClN3O2S2. The van der Waals surface area contributed by atoms with E-state index >= 15 is 0 Å². The molecule has 0 bridgehead atoms. The van der Waals surface area contributed by atoms with Gasteiger partial charge in [-0.3, -0.25) is 0 Å². The van der Waals surface area contributed by atoms with Gasteiger partial charge in [0.1, 0.15) is 5.15 Å². The van der Waals surface area contributed by atoms with Crippen molar-refractivity contribution in [2.45, 2.75) is 29.0 Å². The Morgan fingerprint density at radius 1 is 1.61 bits per heavy atom. The van der Waals surface area contributed by atoms with Crippen LogP contribution in [0.15, 0.2) is 11.4 Å². The highest BCUT2D eigenvalue weighted by atomic mass is 35.5. The number of halogens is 1. The van der Waals surface area contributed by atoms with Crippen molar-refractivity contribution < 1.29 is 8.42 Å². The largest absolute Gasteiger partial charge is 0.324 e. The van der Waals surface area contributed by atoms with Crippen molar-refractivity contribution in [3.05, 3.63) is 11.5 Å². The molecule has 0 spiro atoms. The van der Waals surface area contributed by atoms with Crippen molar-refractivity contribution >= 4 is 33.4 Å². The van der Waals surface area contributed by atoms with Gasteiger partial charge in [0.05, 0.1) is 6.33 Å². The van der Waals surface area contributed by atoms with Crippen LogP contribution in [0.3, 0.4) is 0 Å². The molecule has 102 valence electrons. The van der Waals surface area contributed by atoms with Crippen molar-refractivity contribution in [1.82, 2.24) is 14.3 Å². The Hall–Kier alpha value is -0.240. The standard InChI is InChI=1S/C10H16ClN3O2S2/c1-14-7-12-9(8(14)11)18(15,16)13-6-10(17-2)4-3-5-10/h7,13H,3-6H2,1-2H3. The number of hydrogen-bond donors (Lipinski definition) is 1. The first-order chi connectivity index (χ1) is 8.40. The zero-order valence-corrected chi connectivity index (χ0v) is 12.7. The Morgan fingerprint density at radius 3 is 2.67 bits per heavy atom. The van der Waals surface area contributed by atoms with Crippen LogP contribution < -0.4 is 4.72 Å². The van der Waals surface area contributed by atoms with E-state index in [1.54, 1.807) is 18.8 Å². The lowest BCUT2D eigenvalue weighted by Crippen LogP contribution is -2.45. The summed E-state index contributed by atoms with van der Waals surface area (Å²) >= 11 is 7.62. The fourth-order valence-electron chi connectivity index (χ4n) is 1.89. The van der Waals surface area contributed by atoms with Gasteiger partial charge in [-0.1, -0.05) is 18.0 Å². The number of thioether (sulfide) groups is 1. The zero-order chi connectivity index (χ0) is 13.4. The minimum Gasteiger partial charge on any atom is -0.324 e. The predicted octanol–water partition coefficient (Wildman–Crippen LogP) is 1.64. The van der Waals surface area contributed by atoms with Crippen LogP contribution in [0.25, 0.3) is 0 Å². The van der Waals surface area contributed by atoms with E-state index in [1.165, 1.54) is 10.9 Å². The summed E-state index contributed by atoms with van der Waals surface area (Å²) in [4.78, 5) is 3.83. The van der Waals surface area contributed by atoms with Gasteiger partial charge in [-0.25, -0.2) is 18.1 Å². The number of rotatable bonds is 5. The van der Waals surface area contributed by atoms with E-state index in [4.69, 9.17) is 11.6 Å². The topological polar surface area (TPSA) is 64.0 Å². The number of sulfonamides is 1. The van der Waals surface area contributed by atoms with Gasteiger partial charge in [-0.2, -0.15) is 11.8 Å². The molecule has 0 radical (unpaired) electrons. The Bertz CT molecular complexity index is 532. The molecule has 8 heteroatoms. The number of hydrogen-bond acceptors (Lipinski definition) is 4. The quantitative estimate of drug-likeness (QED) is 0.898. The van der Waals surface area contributed by atoms with Gasteiger partial charge in [0.2, 0.25) is 5.03 Å². The van der Waals surface area contributed by atoms with Gasteiger partial charge in [-0.15, -0.1) is 0 Å². The zero-order valence-electron chi connectivity index (χ0n) is 10.3. The highest BCUT2D eigenvalue weighted by Gasteiger charge is 2.37. The molecule has 0 amide bonds. The molecule has 1 aliphatic rings. The Kier molecular flexibility index (Phi) is 3.96. The summed E-state index contributed by atoms with van der Waals surface area (Å²) in [6, 6.07) is 0. The van der Waals surface area contributed by atoms with Crippen molar-refractivity contribution in [2.75, 3.05) is 12.8 Å². The number of aryl methyl sites for hydroxylation is 1. The lowest BCUT2D eigenvalue weighted by atomic mass is 9.84. The van der Waals surface area contributed by atoms with E-state index in [9.17, 15) is 8.42 Å². The molecule has 1 saturated carbocycles. The molecule has 1 aromatic heterocycles. The Labute approximate surface area is 116 Å². The molecule has 18 heavy (non-hydrogen) atoms. The second-order valence-corrected chi connectivity index (χ2v) is 7.83. The second-order valence-electron chi connectivity index (χ2n) is 4.52. The van der Waals surface area contributed by atoms with E-state index in [1.807, 2.05) is 6.26 Å². The first-order valence-corrected chi connectivity index (χ1v) is 8.70. The molecule has 1 N–H and O–H groups in total. The highest BCUT2D eigenvalue weighted by Crippen LogP contribution is 2.42. The van der Waals surface area contributed by atoms with Crippen LogP contribution in [0.5, 0.6) is 0 Å². The number of imidazole rings is 1. The van der Waals surface area contributed by atoms with E-state index in [-0.39, 0.29) is 14.9 Å². The van der Waals surface area contributed by atoms with E-state index < -0.39 is 10.0 Å². The SMILES string of the molecule is CSC1(CNS(=O)(=O)c2ncn(C)c2Cl)CCC1. The monoisotopic (exact) mass is 309 g/mol. The normalized spacial score (nSPS) is 18.6. The van der Waals surface area contributed by atoms with Gasteiger partial charge in [0.25, 0.3) is 10.0 Å². The third kappa shape index (κ3) is 2.54. The smallest absolute Gasteiger partial charge is 0.261 e. The van der Waals surface area contributed by atoms with Crippen LogP contribution in [0.1, 0.15) is 19.3 Å². The first kappa shape index (κ1) is 14.2. The predicted molar refractivity (Wildman–Crippen MR) is 73.5 cm³/mol. The van der Waals surface area contributed by atoms with Crippen molar-refractivity contribution in [2.24, 2.45) is 7.05 Å². The third-order valence-electron chi connectivity index (χ3n) is 3.37. The van der Waals surface area contributed by atoms with Gasteiger partial charge < -0.3 is 4.57 Å². The fourth-order valence-corrected chi connectivity index (χ4v) is 4.45. The fraction of sp³-hybridized carbons (Fsp3) is 0.700. The summed E-state index contributed by atoms with van der Waals surface area (Å²) in [6.07, 6.45) is 6.66. The molecule has 0 atom stereocenters. The average molecular weight is 310 g/mol. The molecule has 0 unspecified atom stereocenters. The first-order valence-electron chi connectivity index (χ1n) is 5.62. The second kappa shape index (κ2) is 5.03. The molecule has 1 aromatic rings. The average Bonchev–Trinajstić information content (AvgIpc) is 2.59. The summed E-state index contributed by atoms with van der Waals surface area (Å²) in [5.41, 5.74) is 0. The van der Waals surface area contributed by atoms with Crippen molar-refractivity contribution in [1.29, 1.82) is 0 Å². The Balaban J connectivity index is 2.11. The maximum Gasteiger partial charge on any atom is 0.261 e. The molecule has 5 nitrogen and oxygen atoms in total. The molecule has 2 rings (SSSR count). The van der Waals surface area contributed by atoms with Crippen LogP contribution in [0.4, 0.5) is 0 Å². The summed E-state index contributed by atoms with van der Waals surface area (Å²) in [6.45, 7) is 0.434. The summed E-state index contributed by atoms with van der Waals surface area (Å²) < 4.78 is 28.3. The lowest BCUT2D eigenvalue weighted by Gasteiger charge is -2.40. The van der Waals surface area contributed by atoms with Gasteiger partial charge in [0.15, 0.2) is 0 Å². The van der Waals surface area contributed by atoms with Crippen LogP contribution in [-0.2, 0) is 17.1 Å². The van der Waals surface area contributed by atoms with Gasteiger partial charge in [0, 0.05) is 18.3 Å². The van der Waals surface area contributed by atoms with Gasteiger partial charge >= 0.3 is 0 Å². The minimum absolute atomic E-state index is 0.0499. The summed E-state index contributed by atoms with van der Waals surface area (Å²) in [5.74, 6) is 0. The van der Waals surface area contributed by atoms with Crippen molar-refractivity contribution in [3.63, 3.8) is 0 Å². The number of aromatic nitrogens is 2. The molecule has 1 fully saturated rings. The molecule has 0 aromatic carbocycles. The number of nitrogens with one attached hydrogen (secondary N) is 1. The van der Waals surface area contributed by atoms with E-state index in [0.29, 0.717) is 6.54 Å². The van der Waals surface area contributed by atoms with Crippen LogP contribution in [0.2, 0.25) is 5.15 Å². The summed E-state index contributed by atoms with van der Waals surface area (Å²) in [7, 11) is -1.96. The van der Waals surface area contributed by atoms with Crippen LogP contribution in [0, 0.1) is 0 Å². The highest BCUT2D eigenvalue weighted by molar-refractivity contribution is 8.00. The van der Waals surface area contributed by atoms with E-state index in [0.717, 1.165) is 19.3 Å². The summed E-state index contributed by atoms with van der Waals surface area (Å²) in [5, 5.41) is 0.0385. The maximum atomic E-state index is 12.1. The molecule has 0 aliphatic heterocycles. The minimum atomic E-state index is -3.62. The van der Waals surface area contributed by atoms with Crippen molar-refractivity contribution in [3.8, 4) is 0 Å². The Morgan fingerprint density at radius 2 is 2.28 bits per heavy atom. The molecule has 1 aliphatic carbocycles. The number of nitrogens with zero attached hydrogens (tertiary/aromatic N) is 2. The molecular weight excluding hydrogens is 294 g/mol. The van der Waals surface area contributed by atoms with E-state index in [2.05, 4.69) is 9.71 Å². The third-order valence-corrected chi connectivity index (χ3v) is 6.68. The molecule has 0 saturated heterocycles. The van der Waals surface area contributed by atoms with Gasteiger partial charge in [-0.05, 0) is 19.1 Å². The van der Waals surface area contributed by atoms with Crippen LogP contribution in [-0.4, -0.2) is 35.5 Å². The molecule has 1 heterocycles. The van der Waals surface area contributed by atoms with Crippen LogP contribution >= 0.6 is 23.4 Å².